The fraction of sp³-hybridized carbons (Fsp3) is 0.261. The van der Waals surface area contributed by atoms with Crippen molar-refractivity contribution in [1.29, 1.82) is 5.26 Å². The Morgan fingerprint density at radius 3 is 2.42 bits per heavy atom. The zero-order valence-electron chi connectivity index (χ0n) is 16.6. The fourth-order valence-corrected chi connectivity index (χ4v) is 4.18. The second kappa shape index (κ2) is 7.58. The molecule has 0 bridgehead atoms. The number of benzene rings is 2. The summed E-state index contributed by atoms with van der Waals surface area (Å²) in [5.74, 6) is -0.132. The largest absolute Gasteiger partial charge is 0.416 e. The van der Waals surface area contributed by atoms with Crippen LogP contribution in [0.1, 0.15) is 42.0 Å². The van der Waals surface area contributed by atoms with Gasteiger partial charge in [-0.1, -0.05) is 18.2 Å². The van der Waals surface area contributed by atoms with E-state index in [4.69, 9.17) is 5.26 Å². The van der Waals surface area contributed by atoms with Crippen molar-refractivity contribution in [2.45, 2.75) is 31.5 Å². The van der Waals surface area contributed by atoms with Gasteiger partial charge in [-0.25, -0.2) is 4.79 Å². The van der Waals surface area contributed by atoms with Gasteiger partial charge in [-0.3, -0.25) is 9.69 Å². The van der Waals surface area contributed by atoms with E-state index in [9.17, 15) is 22.8 Å². The van der Waals surface area contributed by atoms with Gasteiger partial charge in [0.15, 0.2) is 5.78 Å². The number of halogens is 3. The number of rotatable bonds is 2. The number of ketones is 1. The van der Waals surface area contributed by atoms with E-state index >= 15 is 0 Å². The molecule has 1 atom stereocenters. The highest BCUT2D eigenvalue weighted by Crippen LogP contribution is 2.44. The number of nitriles is 1. The molecule has 1 heterocycles. The van der Waals surface area contributed by atoms with Crippen LogP contribution in [-0.4, -0.2) is 23.8 Å². The van der Waals surface area contributed by atoms with Gasteiger partial charge in [0, 0.05) is 24.7 Å². The van der Waals surface area contributed by atoms with E-state index < -0.39 is 23.8 Å². The van der Waals surface area contributed by atoms with Crippen molar-refractivity contribution in [3.8, 4) is 6.07 Å². The third kappa shape index (κ3) is 3.56. The third-order valence-corrected chi connectivity index (χ3v) is 5.64. The molecule has 0 radical (unpaired) electrons. The maximum Gasteiger partial charge on any atom is 0.416 e. The number of urea groups is 1. The Balaban J connectivity index is 1.88. The summed E-state index contributed by atoms with van der Waals surface area (Å²) in [6.45, 7) is 0. The van der Waals surface area contributed by atoms with Crippen LogP contribution in [0.5, 0.6) is 0 Å². The minimum absolute atomic E-state index is 0.0761. The monoisotopic (exact) mass is 425 g/mol. The van der Waals surface area contributed by atoms with Crippen LogP contribution in [0, 0.1) is 11.3 Å². The maximum atomic E-state index is 13.3. The Morgan fingerprint density at radius 2 is 1.77 bits per heavy atom. The number of hydrogen-bond acceptors (Lipinski definition) is 3. The normalized spacial score (nSPS) is 19.4. The Kier molecular flexibility index (Phi) is 5.05. The van der Waals surface area contributed by atoms with Crippen LogP contribution in [0.2, 0.25) is 0 Å². The quantitative estimate of drug-likeness (QED) is 0.665. The number of carbonyl (C=O) groups is 2. The van der Waals surface area contributed by atoms with Crippen LogP contribution in [-0.2, 0) is 11.0 Å². The molecule has 5 nitrogen and oxygen atoms in total. The topological polar surface area (TPSA) is 64.4 Å². The lowest BCUT2D eigenvalue weighted by atomic mass is 9.83. The first-order valence-corrected chi connectivity index (χ1v) is 9.73. The molecular formula is C23H18F3N3O2. The highest BCUT2D eigenvalue weighted by Gasteiger charge is 2.43. The molecule has 1 aliphatic carbocycles. The van der Waals surface area contributed by atoms with E-state index in [-0.39, 0.29) is 11.5 Å². The lowest BCUT2D eigenvalue weighted by Gasteiger charge is -2.43. The summed E-state index contributed by atoms with van der Waals surface area (Å²) in [6, 6.07) is 12.0. The molecule has 0 fully saturated rings. The van der Waals surface area contributed by atoms with Crippen LogP contribution < -0.4 is 4.90 Å². The van der Waals surface area contributed by atoms with Gasteiger partial charge in [0.25, 0.3) is 0 Å². The summed E-state index contributed by atoms with van der Waals surface area (Å²) in [7, 11) is 1.53. The van der Waals surface area contributed by atoms with Gasteiger partial charge in [0.2, 0.25) is 0 Å². The number of amides is 2. The van der Waals surface area contributed by atoms with Crippen LogP contribution in [0.15, 0.2) is 59.8 Å². The minimum Gasteiger partial charge on any atom is -0.316 e. The highest BCUT2D eigenvalue weighted by molar-refractivity contribution is 6.06. The molecule has 0 saturated heterocycles. The first-order valence-electron chi connectivity index (χ1n) is 9.73. The van der Waals surface area contributed by atoms with Crippen LogP contribution in [0.3, 0.4) is 0 Å². The highest BCUT2D eigenvalue weighted by atomic mass is 19.4. The SMILES string of the molecule is CN1C(=O)N(c2cccc(C(F)(F)F)c2)C2=C(C(=O)CCC2)C1c1ccc(C#N)cc1. The van der Waals surface area contributed by atoms with E-state index in [1.54, 1.807) is 24.3 Å². The van der Waals surface area contributed by atoms with E-state index in [1.165, 1.54) is 29.0 Å². The predicted molar refractivity (Wildman–Crippen MR) is 107 cm³/mol. The number of allylic oxidation sites excluding steroid dienone is 1. The molecule has 2 aromatic rings. The summed E-state index contributed by atoms with van der Waals surface area (Å²) in [4.78, 5) is 28.9. The molecule has 8 heteroatoms. The number of hydrogen-bond donors (Lipinski definition) is 0. The van der Waals surface area contributed by atoms with Crippen LogP contribution in [0.4, 0.5) is 23.7 Å². The van der Waals surface area contributed by atoms with Crippen molar-refractivity contribution in [2.24, 2.45) is 0 Å². The molecule has 4 rings (SSSR count). The van der Waals surface area contributed by atoms with E-state index in [0.717, 1.165) is 12.1 Å². The molecule has 1 unspecified atom stereocenters. The molecule has 0 saturated carbocycles. The van der Waals surface area contributed by atoms with E-state index in [2.05, 4.69) is 0 Å². The third-order valence-electron chi connectivity index (χ3n) is 5.64. The molecule has 2 aliphatic rings. The number of Topliss-reactive ketones (excluding diaryl/α,β-unsaturated/α-hetero) is 1. The van der Waals surface area contributed by atoms with Crippen molar-refractivity contribution in [1.82, 2.24) is 4.90 Å². The fourth-order valence-electron chi connectivity index (χ4n) is 4.18. The summed E-state index contributed by atoms with van der Waals surface area (Å²) in [5, 5.41) is 9.04. The zero-order valence-corrected chi connectivity index (χ0v) is 16.6. The first-order chi connectivity index (χ1) is 14.7. The molecule has 0 aromatic heterocycles. The molecule has 0 N–H and O–H groups in total. The summed E-state index contributed by atoms with van der Waals surface area (Å²) < 4.78 is 39.7. The second-order valence-corrected chi connectivity index (χ2v) is 7.55. The molecule has 2 amide bonds. The van der Waals surface area contributed by atoms with Crippen LogP contribution >= 0.6 is 0 Å². The Labute approximate surface area is 177 Å². The first kappa shape index (κ1) is 20.7. The van der Waals surface area contributed by atoms with Gasteiger partial charge in [-0.15, -0.1) is 0 Å². The molecule has 31 heavy (non-hydrogen) atoms. The van der Waals surface area contributed by atoms with Gasteiger partial charge in [0.05, 0.1) is 28.9 Å². The number of alkyl halides is 3. The van der Waals surface area contributed by atoms with Crippen molar-refractivity contribution < 1.29 is 22.8 Å². The molecule has 2 aromatic carbocycles. The Hall–Kier alpha value is -3.60. The van der Waals surface area contributed by atoms with Crippen molar-refractivity contribution >= 4 is 17.5 Å². The number of anilines is 1. The molecule has 158 valence electrons. The minimum atomic E-state index is -4.55. The smallest absolute Gasteiger partial charge is 0.316 e. The standard InChI is InChI=1S/C23H18F3N3O2/c1-28-21(15-10-8-14(13-27)9-11-15)20-18(6-3-7-19(20)30)29(22(28)31)17-5-2-4-16(12-17)23(24,25)26/h2,4-5,8-12,21H,3,6-7H2,1H3. The molecule has 0 spiro atoms. The Morgan fingerprint density at radius 1 is 1.06 bits per heavy atom. The number of carbonyl (C=O) groups excluding carboxylic acids is 2. The Bertz CT molecular complexity index is 1130. The molecular weight excluding hydrogens is 407 g/mol. The van der Waals surface area contributed by atoms with Crippen molar-refractivity contribution in [2.75, 3.05) is 11.9 Å². The predicted octanol–water partition coefficient (Wildman–Crippen LogP) is 5.20. The summed E-state index contributed by atoms with van der Waals surface area (Å²) >= 11 is 0. The average molecular weight is 425 g/mol. The van der Waals surface area contributed by atoms with Crippen molar-refractivity contribution in [3.05, 3.63) is 76.5 Å². The lowest BCUT2D eigenvalue weighted by molar-refractivity contribution is -0.137. The second-order valence-electron chi connectivity index (χ2n) is 7.55. The van der Waals surface area contributed by atoms with Gasteiger partial charge < -0.3 is 4.90 Å². The summed E-state index contributed by atoms with van der Waals surface area (Å²) in [5.41, 5.74) is 1.18. The van der Waals surface area contributed by atoms with Crippen molar-refractivity contribution in [3.63, 3.8) is 0 Å². The average Bonchev–Trinajstić information content (AvgIpc) is 2.75. The number of likely N-dealkylation sites (N-methyl/N-ethyl adjacent to an activating group) is 1. The zero-order chi connectivity index (χ0) is 22.3. The van der Waals surface area contributed by atoms with Crippen LogP contribution in [0.25, 0.3) is 0 Å². The maximum absolute atomic E-state index is 13.3. The molecule has 1 aliphatic heterocycles. The van der Waals surface area contributed by atoms with E-state index in [0.29, 0.717) is 41.7 Å². The number of nitrogens with zero attached hydrogens (tertiary/aromatic N) is 3. The van der Waals surface area contributed by atoms with Gasteiger partial charge in [-0.2, -0.15) is 18.4 Å². The van der Waals surface area contributed by atoms with Gasteiger partial charge in [0.1, 0.15) is 0 Å². The van der Waals surface area contributed by atoms with E-state index in [1.807, 2.05) is 6.07 Å². The lowest BCUT2D eigenvalue weighted by Crippen LogP contribution is -2.50. The summed E-state index contributed by atoms with van der Waals surface area (Å²) in [6.07, 6.45) is -3.32. The van der Waals surface area contributed by atoms with Gasteiger partial charge >= 0.3 is 12.2 Å². The van der Waals surface area contributed by atoms with Gasteiger partial charge in [-0.05, 0) is 48.7 Å².